The summed E-state index contributed by atoms with van der Waals surface area (Å²) in [5, 5.41) is 4.87. The van der Waals surface area contributed by atoms with E-state index in [1.807, 2.05) is 0 Å². The lowest BCUT2D eigenvalue weighted by atomic mass is 9.97. The zero-order valence-corrected chi connectivity index (χ0v) is 22.1. The Kier molecular flexibility index (Phi) is 6.20. The van der Waals surface area contributed by atoms with Crippen LogP contribution in [0.15, 0.2) is 170 Å². The standard InChI is InChI=1S/C38H28N2/c1-5-16-30(17-6-1)39(31-18-7-2-8-19-31)36-27-28-37(38-34-24-14-13-15-29(34)25-26-35(36)38)40(32-20-9-3-10-21-32)33-22-11-4-12-23-33/h1-28H. The Bertz CT molecular complexity index is 1800. The third-order valence-electron chi connectivity index (χ3n) is 7.40. The summed E-state index contributed by atoms with van der Waals surface area (Å²) in [6, 6.07) is 60.3. The van der Waals surface area contributed by atoms with Crippen LogP contribution in [0.25, 0.3) is 21.5 Å². The minimum absolute atomic E-state index is 1.12. The van der Waals surface area contributed by atoms with Crippen LogP contribution in [0.3, 0.4) is 0 Å². The van der Waals surface area contributed by atoms with Crippen molar-refractivity contribution in [3.8, 4) is 0 Å². The van der Waals surface area contributed by atoms with Gasteiger partial charge < -0.3 is 9.80 Å². The molecule has 7 aromatic carbocycles. The van der Waals surface area contributed by atoms with Gasteiger partial charge in [-0.15, -0.1) is 0 Å². The minimum atomic E-state index is 1.12. The Morgan fingerprint density at radius 1 is 0.275 bits per heavy atom. The average Bonchev–Trinajstić information content (AvgIpc) is 3.04. The van der Waals surface area contributed by atoms with E-state index in [9.17, 15) is 0 Å². The van der Waals surface area contributed by atoms with E-state index in [1.54, 1.807) is 0 Å². The first-order valence-electron chi connectivity index (χ1n) is 13.6. The summed E-state index contributed by atoms with van der Waals surface area (Å²) in [5.74, 6) is 0. The normalized spacial score (nSPS) is 11.0. The van der Waals surface area contributed by atoms with Crippen molar-refractivity contribution in [2.45, 2.75) is 0 Å². The van der Waals surface area contributed by atoms with Gasteiger partial charge in [0.2, 0.25) is 0 Å². The molecule has 40 heavy (non-hydrogen) atoms. The van der Waals surface area contributed by atoms with Gasteiger partial charge in [-0.3, -0.25) is 0 Å². The second kappa shape index (κ2) is 10.4. The Morgan fingerprint density at radius 3 is 1.18 bits per heavy atom. The minimum Gasteiger partial charge on any atom is -0.310 e. The van der Waals surface area contributed by atoms with Crippen molar-refractivity contribution in [1.29, 1.82) is 0 Å². The molecule has 0 aliphatic carbocycles. The first-order valence-corrected chi connectivity index (χ1v) is 13.6. The van der Waals surface area contributed by atoms with E-state index in [0.717, 1.165) is 34.1 Å². The van der Waals surface area contributed by atoms with Crippen LogP contribution < -0.4 is 9.80 Å². The fourth-order valence-corrected chi connectivity index (χ4v) is 5.64. The molecule has 0 aromatic heterocycles. The fraction of sp³-hybridized carbons (Fsp3) is 0. The van der Waals surface area contributed by atoms with Gasteiger partial charge in [0.15, 0.2) is 0 Å². The molecular weight excluding hydrogens is 484 g/mol. The molecule has 7 rings (SSSR count). The van der Waals surface area contributed by atoms with Gasteiger partial charge in [0, 0.05) is 33.5 Å². The highest BCUT2D eigenvalue weighted by atomic mass is 15.2. The van der Waals surface area contributed by atoms with Crippen molar-refractivity contribution < 1.29 is 0 Å². The van der Waals surface area contributed by atoms with Crippen LogP contribution in [0.2, 0.25) is 0 Å². The second-order valence-electron chi connectivity index (χ2n) is 9.83. The van der Waals surface area contributed by atoms with Crippen LogP contribution >= 0.6 is 0 Å². The molecule has 0 saturated heterocycles. The first-order chi connectivity index (χ1) is 19.9. The number of nitrogens with zero attached hydrogens (tertiary/aromatic N) is 2. The average molecular weight is 513 g/mol. The number of benzene rings is 7. The molecular formula is C38H28N2. The van der Waals surface area contributed by atoms with E-state index in [0.29, 0.717) is 0 Å². The van der Waals surface area contributed by atoms with Gasteiger partial charge in [-0.25, -0.2) is 0 Å². The Labute approximate surface area is 235 Å². The van der Waals surface area contributed by atoms with Crippen LogP contribution in [0.5, 0.6) is 0 Å². The predicted molar refractivity (Wildman–Crippen MR) is 171 cm³/mol. The Hall–Kier alpha value is -5.34. The summed E-state index contributed by atoms with van der Waals surface area (Å²) >= 11 is 0. The zero-order chi connectivity index (χ0) is 26.7. The van der Waals surface area contributed by atoms with Crippen molar-refractivity contribution in [2.75, 3.05) is 9.80 Å². The van der Waals surface area contributed by atoms with E-state index < -0.39 is 0 Å². The Morgan fingerprint density at radius 2 is 0.675 bits per heavy atom. The van der Waals surface area contributed by atoms with Gasteiger partial charge >= 0.3 is 0 Å². The highest BCUT2D eigenvalue weighted by Crippen LogP contribution is 2.47. The summed E-state index contributed by atoms with van der Waals surface area (Å²) in [5.41, 5.74) is 6.78. The molecule has 7 aromatic rings. The lowest BCUT2D eigenvalue weighted by molar-refractivity contribution is 1.28. The number of anilines is 6. The third-order valence-corrected chi connectivity index (χ3v) is 7.40. The molecule has 0 heterocycles. The summed E-state index contributed by atoms with van der Waals surface area (Å²) in [7, 11) is 0. The van der Waals surface area contributed by atoms with Crippen LogP contribution in [0.1, 0.15) is 0 Å². The van der Waals surface area contributed by atoms with Gasteiger partial charge in [0.25, 0.3) is 0 Å². The SMILES string of the molecule is c1ccc(N(c2ccccc2)c2ccc(N(c3ccccc3)c3ccccc3)c3c2ccc2ccccc23)cc1. The molecule has 0 N–H and O–H groups in total. The van der Waals surface area contributed by atoms with Crippen LogP contribution in [-0.4, -0.2) is 0 Å². The predicted octanol–water partition coefficient (Wildman–Crippen LogP) is 10.9. The maximum atomic E-state index is 2.37. The van der Waals surface area contributed by atoms with Crippen LogP contribution in [0.4, 0.5) is 34.1 Å². The van der Waals surface area contributed by atoms with E-state index in [1.165, 1.54) is 21.5 Å². The topological polar surface area (TPSA) is 6.48 Å². The van der Waals surface area contributed by atoms with E-state index in [2.05, 4.69) is 180 Å². The van der Waals surface area contributed by atoms with Gasteiger partial charge in [0.1, 0.15) is 0 Å². The second-order valence-corrected chi connectivity index (χ2v) is 9.83. The van der Waals surface area contributed by atoms with Crippen molar-refractivity contribution in [1.82, 2.24) is 0 Å². The number of fused-ring (bicyclic) bond motifs is 3. The van der Waals surface area contributed by atoms with Gasteiger partial charge in [-0.1, -0.05) is 109 Å². The number of hydrogen-bond donors (Lipinski definition) is 0. The van der Waals surface area contributed by atoms with Crippen molar-refractivity contribution >= 4 is 55.7 Å². The maximum Gasteiger partial charge on any atom is 0.0547 e. The smallest absolute Gasteiger partial charge is 0.0547 e. The molecule has 0 saturated carbocycles. The summed E-state index contributed by atoms with van der Waals surface area (Å²) < 4.78 is 0. The third kappa shape index (κ3) is 4.26. The molecule has 190 valence electrons. The summed E-state index contributed by atoms with van der Waals surface area (Å²) in [6.07, 6.45) is 0. The number of hydrogen-bond acceptors (Lipinski definition) is 2. The molecule has 0 atom stereocenters. The lowest BCUT2D eigenvalue weighted by Gasteiger charge is -2.31. The molecule has 0 amide bonds. The molecule has 0 unspecified atom stereocenters. The largest absolute Gasteiger partial charge is 0.310 e. The van der Waals surface area contributed by atoms with E-state index in [4.69, 9.17) is 0 Å². The monoisotopic (exact) mass is 512 g/mol. The van der Waals surface area contributed by atoms with Crippen LogP contribution in [0, 0.1) is 0 Å². The molecule has 2 nitrogen and oxygen atoms in total. The van der Waals surface area contributed by atoms with E-state index in [-0.39, 0.29) is 0 Å². The quantitative estimate of drug-likeness (QED) is 0.204. The Balaban J connectivity index is 1.57. The van der Waals surface area contributed by atoms with Gasteiger partial charge in [0.05, 0.1) is 11.4 Å². The molecule has 0 bridgehead atoms. The zero-order valence-electron chi connectivity index (χ0n) is 22.1. The molecule has 0 aliphatic heterocycles. The molecule has 0 radical (unpaired) electrons. The maximum absolute atomic E-state index is 2.37. The van der Waals surface area contributed by atoms with Crippen molar-refractivity contribution in [3.63, 3.8) is 0 Å². The number of rotatable bonds is 6. The summed E-state index contributed by atoms with van der Waals surface area (Å²) in [4.78, 5) is 4.73. The van der Waals surface area contributed by atoms with E-state index >= 15 is 0 Å². The van der Waals surface area contributed by atoms with Crippen LogP contribution in [-0.2, 0) is 0 Å². The summed E-state index contributed by atoms with van der Waals surface area (Å²) in [6.45, 7) is 0. The van der Waals surface area contributed by atoms with Crippen molar-refractivity contribution in [3.05, 3.63) is 170 Å². The fourth-order valence-electron chi connectivity index (χ4n) is 5.64. The highest BCUT2D eigenvalue weighted by molar-refractivity contribution is 6.19. The van der Waals surface area contributed by atoms with Gasteiger partial charge in [-0.2, -0.15) is 0 Å². The molecule has 2 heteroatoms. The molecule has 0 spiro atoms. The number of para-hydroxylation sites is 4. The lowest BCUT2D eigenvalue weighted by Crippen LogP contribution is -2.13. The molecule has 0 aliphatic rings. The first kappa shape index (κ1) is 23.8. The molecule has 0 fully saturated rings. The van der Waals surface area contributed by atoms with Gasteiger partial charge in [-0.05, 0) is 71.4 Å². The van der Waals surface area contributed by atoms with Crippen molar-refractivity contribution in [2.24, 2.45) is 0 Å². The highest BCUT2D eigenvalue weighted by Gasteiger charge is 2.21.